The largest absolute Gasteiger partial charge is 0.495 e. The van der Waals surface area contributed by atoms with Gasteiger partial charge >= 0.3 is 0 Å². The molecule has 0 aliphatic heterocycles. The van der Waals surface area contributed by atoms with E-state index in [0.717, 1.165) is 31.6 Å². The van der Waals surface area contributed by atoms with Crippen molar-refractivity contribution in [3.63, 3.8) is 0 Å². The van der Waals surface area contributed by atoms with E-state index >= 15 is 0 Å². The molecule has 3 rings (SSSR count). The molecule has 0 N–H and O–H groups in total. The maximum atomic E-state index is 12.7. The standard InChI is InChI=1S/C20H26N2O4S2/c1-6-22(28(23,24)12-13(2)3)11-14-10-16-18(25-4)17-15(8-7-9-21-17)19(26-5)20(16)27-14/h7-10,13H,6,11-12H2,1-5H3. The number of fused-ring (bicyclic) bond motifs is 2. The summed E-state index contributed by atoms with van der Waals surface area (Å²) in [7, 11) is -0.0510. The highest BCUT2D eigenvalue weighted by Gasteiger charge is 2.24. The topological polar surface area (TPSA) is 68.7 Å². The first-order chi connectivity index (χ1) is 13.3. The fourth-order valence-electron chi connectivity index (χ4n) is 3.39. The lowest BCUT2D eigenvalue weighted by Crippen LogP contribution is -2.33. The zero-order valence-electron chi connectivity index (χ0n) is 16.9. The molecule has 3 aromatic rings. The molecule has 0 bridgehead atoms. The maximum absolute atomic E-state index is 12.7. The third kappa shape index (κ3) is 3.81. The molecule has 0 atom stereocenters. The van der Waals surface area contributed by atoms with Crippen LogP contribution in [0.25, 0.3) is 21.0 Å². The molecule has 6 nitrogen and oxygen atoms in total. The van der Waals surface area contributed by atoms with Crippen LogP contribution in [0.2, 0.25) is 0 Å². The molecule has 0 aliphatic carbocycles. The number of sulfonamides is 1. The summed E-state index contributed by atoms with van der Waals surface area (Å²) in [6.45, 7) is 6.46. The number of methoxy groups -OCH3 is 2. The molecule has 2 heterocycles. The van der Waals surface area contributed by atoms with Crippen LogP contribution < -0.4 is 9.47 Å². The molecule has 0 spiro atoms. The second-order valence-corrected chi connectivity index (χ2v) is 10.2. The number of thiophene rings is 1. The highest BCUT2D eigenvalue weighted by molar-refractivity contribution is 7.89. The summed E-state index contributed by atoms with van der Waals surface area (Å²) in [5, 5.41) is 1.77. The molecule has 0 radical (unpaired) electrons. The molecule has 0 aliphatic rings. The van der Waals surface area contributed by atoms with Crippen molar-refractivity contribution in [1.82, 2.24) is 9.29 Å². The van der Waals surface area contributed by atoms with Crippen LogP contribution >= 0.6 is 11.3 Å². The number of benzene rings is 1. The van der Waals surface area contributed by atoms with Crippen molar-refractivity contribution >= 4 is 42.3 Å². The molecule has 2 aromatic heterocycles. The van der Waals surface area contributed by atoms with Gasteiger partial charge in [0.05, 0.1) is 24.7 Å². The Balaban J connectivity index is 2.13. The van der Waals surface area contributed by atoms with Crippen molar-refractivity contribution in [2.24, 2.45) is 5.92 Å². The summed E-state index contributed by atoms with van der Waals surface area (Å²) in [5.74, 6) is 1.65. The molecular weight excluding hydrogens is 396 g/mol. The lowest BCUT2D eigenvalue weighted by molar-refractivity contribution is 0.417. The highest BCUT2D eigenvalue weighted by Crippen LogP contribution is 2.45. The second-order valence-electron chi connectivity index (χ2n) is 7.02. The molecule has 8 heteroatoms. The predicted octanol–water partition coefficient (Wildman–Crippen LogP) is 4.27. The number of rotatable bonds is 8. The minimum absolute atomic E-state index is 0.0815. The van der Waals surface area contributed by atoms with Crippen LogP contribution in [-0.4, -0.2) is 44.2 Å². The molecule has 0 fully saturated rings. The average molecular weight is 423 g/mol. The van der Waals surface area contributed by atoms with Crippen LogP contribution in [0.5, 0.6) is 11.5 Å². The molecule has 1 aromatic carbocycles. The smallest absolute Gasteiger partial charge is 0.214 e. The molecular formula is C20H26N2O4S2. The van der Waals surface area contributed by atoms with Crippen molar-refractivity contribution in [1.29, 1.82) is 0 Å². The van der Waals surface area contributed by atoms with Crippen molar-refractivity contribution < 1.29 is 17.9 Å². The van der Waals surface area contributed by atoms with Crippen LogP contribution in [0.4, 0.5) is 0 Å². The van der Waals surface area contributed by atoms with Crippen LogP contribution in [0, 0.1) is 5.92 Å². The first kappa shape index (κ1) is 20.8. The third-order valence-electron chi connectivity index (χ3n) is 4.53. The van der Waals surface area contributed by atoms with Gasteiger partial charge in [0.2, 0.25) is 10.0 Å². The van der Waals surface area contributed by atoms with Gasteiger partial charge in [0.1, 0.15) is 11.3 Å². The zero-order chi connectivity index (χ0) is 20.5. The molecule has 0 saturated heterocycles. The molecule has 0 unspecified atom stereocenters. The number of ether oxygens (including phenoxy) is 2. The quantitative estimate of drug-likeness (QED) is 0.542. The Hall–Kier alpha value is -1.90. The van der Waals surface area contributed by atoms with Crippen LogP contribution in [0.1, 0.15) is 25.6 Å². The Morgan fingerprint density at radius 2 is 1.89 bits per heavy atom. The van der Waals surface area contributed by atoms with Gasteiger partial charge in [-0.15, -0.1) is 11.3 Å². The first-order valence-electron chi connectivity index (χ1n) is 9.21. The Labute approximate surface area is 170 Å². The predicted molar refractivity (Wildman–Crippen MR) is 115 cm³/mol. The Morgan fingerprint density at radius 1 is 1.18 bits per heavy atom. The fourth-order valence-corrected chi connectivity index (χ4v) is 6.46. The van der Waals surface area contributed by atoms with Gasteiger partial charge in [0.15, 0.2) is 5.75 Å². The van der Waals surface area contributed by atoms with Gasteiger partial charge in [-0.3, -0.25) is 4.98 Å². The van der Waals surface area contributed by atoms with Gasteiger partial charge in [-0.1, -0.05) is 20.8 Å². The van der Waals surface area contributed by atoms with E-state index in [1.165, 1.54) is 15.6 Å². The number of pyridine rings is 1. The Bertz CT molecular complexity index is 1030. The number of nitrogens with zero attached hydrogens (tertiary/aromatic N) is 2. The summed E-state index contributed by atoms with van der Waals surface area (Å²) in [6.07, 6.45) is 1.72. The van der Waals surface area contributed by atoms with Crippen molar-refractivity contribution in [2.75, 3.05) is 26.5 Å². The van der Waals surface area contributed by atoms with E-state index in [-0.39, 0.29) is 11.7 Å². The van der Waals surface area contributed by atoms with Crippen molar-refractivity contribution in [2.45, 2.75) is 27.3 Å². The molecule has 28 heavy (non-hydrogen) atoms. The maximum Gasteiger partial charge on any atom is 0.214 e. The summed E-state index contributed by atoms with van der Waals surface area (Å²) in [5.41, 5.74) is 0.735. The van der Waals surface area contributed by atoms with Crippen LogP contribution in [0.15, 0.2) is 24.4 Å². The van der Waals surface area contributed by atoms with E-state index in [4.69, 9.17) is 9.47 Å². The van der Waals surface area contributed by atoms with Gasteiger partial charge in [-0.2, -0.15) is 4.31 Å². The Kier molecular flexibility index (Phi) is 6.12. The third-order valence-corrected chi connectivity index (χ3v) is 7.91. The molecule has 0 saturated carbocycles. The van der Waals surface area contributed by atoms with Crippen molar-refractivity contribution in [3.05, 3.63) is 29.3 Å². The zero-order valence-corrected chi connectivity index (χ0v) is 18.5. The van der Waals surface area contributed by atoms with Gasteiger partial charge < -0.3 is 9.47 Å². The van der Waals surface area contributed by atoms with Crippen LogP contribution in [0.3, 0.4) is 0 Å². The van der Waals surface area contributed by atoms with E-state index in [1.807, 2.05) is 39.0 Å². The van der Waals surface area contributed by atoms with E-state index in [9.17, 15) is 8.42 Å². The summed E-state index contributed by atoms with van der Waals surface area (Å²) >= 11 is 1.53. The van der Waals surface area contributed by atoms with Gasteiger partial charge in [0, 0.05) is 34.9 Å². The molecule has 0 amide bonds. The normalized spacial score (nSPS) is 12.4. The van der Waals surface area contributed by atoms with E-state index in [2.05, 4.69) is 4.98 Å². The van der Waals surface area contributed by atoms with E-state index < -0.39 is 10.0 Å². The van der Waals surface area contributed by atoms with Gasteiger partial charge in [0.25, 0.3) is 0 Å². The minimum Gasteiger partial charge on any atom is -0.495 e. The van der Waals surface area contributed by atoms with Crippen LogP contribution in [-0.2, 0) is 16.6 Å². The average Bonchev–Trinajstić information content (AvgIpc) is 3.05. The monoisotopic (exact) mass is 422 g/mol. The molecule has 152 valence electrons. The number of hydrogen-bond donors (Lipinski definition) is 0. The number of hydrogen-bond acceptors (Lipinski definition) is 6. The summed E-state index contributed by atoms with van der Waals surface area (Å²) in [6, 6.07) is 5.80. The first-order valence-corrected chi connectivity index (χ1v) is 11.6. The summed E-state index contributed by atoms with van der Waals surface area (Å²) in [4.78, 5) is 5.40. The lowest BCUT2D eigenvalue weighted by Gasteiger charge is -2.20. The fraction of sp³-hybridized carbons (Fsp3) is 0.450. The minimum atomic E-state index is -3.31. The summed E-state index contributed by atoms with van der Waals surface area (Å²) < 4.78 is 39.2. The lowest BCUT2D eigenvalue weighted by atomic mass is 10.1. The van der Waals surface area contributed by atoms with E-state index in [1.54, 1.807) is 20.4 Å². The highest BCUT2D eigenvalue weighted by atomic mass is 32.2. The second kappa shape index (κ2) is 8.23. The van der Waals surface area contributed by atoms with Crippen molar-refractivity contribution in [3.8, 4) is 11.5 Å². The SMILES string of the molecule is CCN(Cc1cc2c(OC)c3ncccc3c(OC)c2s1)S(=O)(=O)CC(C)C. The Morgan fingerprint density at radius 3 is 2.50 bits per heavy atom. The number of aromatic nitrogens is 1. The van der Waals surface area contributed by atoms with E-state index in [0.29, 0.717) is 18.8 Å². The van der Waals surface area contributed by atoms with Gasteiger partial charge in [-0.05, 0) is 24.1 Å². The van der Waals surface area contributed by atoms with Gasteiger partial charge in [-0.25, -0.2) is 8.42 Å².